The van der Waals surface area contributed by atoms with Crippen molar-refractivity contribution in [1.29, 1.82) is 0 Å². The Hall–Kier alpha value is -1.71. The second-order valence-electron chi connectivity index (χ2n) is 4.18. The number of nitrogens with two attached hydrogens (primary N) is 1. The lowest BCUT2D eigenvalue weighted by Crippen LogP contribution is -2.37. The lowest BCUT2D eigenvalue weighted by Gasteiger charge is -2.22. The highest BCUT2D eigenvalue weighted by molar-refractivity contribution is 5.75. The molecule has 0 saturated heterocycles. The maximum Gasteiger partial charge on any atom is 0.320 e. The number of carbonyl (C=O) groups is 1. The Morgan fingerprint density at radius 1 is 1.44 bits per heavy atom. The first-order valence-electron chi connectivity index (χ1n) is 5.49. The van der Waals surface area contributed by atoms with E-state index in [1.807, 2.05) is 37.1 Å². The van der Waals surface area contributed by atoms with E-state index in [9.17, 15) is 4.79 Å². The van der Waals surface area contributed by atoms with Gasteiger partial charge in [-0.15, -0.1) is 0 Å². The first kappa shape index (κ1) is 10.8. The van der Waals surface area contributed by atoms with Crippen LogP contribution in [0.3, 0.4) is 0 Å². The molecule has 86 valence electrons. The highest BCUT2D eigenvalue weighted by Gasteiger charge is 2.24. The third-order valence-electron chi connectivity index (χ3n) is 3.02. The third-order valence-corrected chi connectivity index (χ3v) is 3.02. The SMILES string of the molecule is CCN(C)C(=O)N1Cc2ccc(N)cc2C1. The molecular weight excluding hydrogens is 202 g/mol. The molecule has 0 aliphatic carbocycles. The minimum absolute atomic E-state index is 0.0808. The Labute approximate surface area is 95.6 Å². The molecular formula is C12H17N3O. The minimum atomic E-state index is 0.0808. The van der Waals surface area contributed by atoms with Gasteiger partial charge in [-0.05, 0) is 30.2 Å². The molecule has 0 saturated carbocycles. The van der Waals surface area contributed by atoms with Gasteiger partial charge in [0.25, 0.3) is 0 Å². The van der Waals surface area contributed by atoms with Gasteiger partial charge < -0.3 is 15.5 Å². The number of hydrogen-bond donors (Lipinski definition) is 1. The third kappa shape index (κ3) is 1.83. The summed E-state index contributed by atoms with van der Waals surface area (Å²) in [6.07, 6.45) is 0. The van der Waals surface area contributed by atoms with Gasteiger partial charge in [0.15, 0.2) is 0 Å². The van der Waals surface area contributed by atoms with Gasteiger partial charge in [-0.2, -0.15) is 0 Å². The van der Waals surface area contributed by atoms with Crippen molar-refractivity contribution >= 4 is 11.7 Å². The average Bonchev–Trinajstić information content (AvgIpc) is 2.69. The summed E-state index contributed by atoms with van der Waals surface area (Å²) in [5.74, 6) is 0. The molecule has 1 aromatic carbocycles. The van der Waals surface area contributed by atoms with Gasteiger partial charge in [0, 0.05) is 32.4 Å². The molecule has 16 heavy (non-hydrogen) atoms. The summed E-state index contributed by atoms with van der Waals surface area (Å²) >= 11 is 0. The van der Waals surface area contributed by atoms with Crippen molar-refractivity contribution in [2.24, 2.45) is 0 Å². The number of anilines is 1. The standard InChI is InChI=1S/C12H17N3O/c1-3-14(2)12(16)15-7-9-4-5-11(13)6-10(9)8-15/h4-6H,3,7-8,13H2,1-2H3. The Morgan fingerprint density at radius 2 is 2.12 bits per heavy atom. The number of nitrogen functional groups attached to an aromatic ring is 1. The summed E-state index contributed by atoms with van der Waals surface area (Å²) in [4.78, 5) is 15.5. The number of fused-ring (bicyclic) bond motifs is 1. The van der Waals surface area contributed by atoms with Crippen molar-refractivity contribution in [1.82, 2.24) is 9.80 Å². The van der Waals surface area contributed by atoms with Crippen LogP contribution in [0.5, 0.6) is 0 Å². The number of urea groups is 1. The molecule has 1 aromatic rings. The summed E-state index contributed by atoms with van der Waals surface area (Å²) < 4.78 is 0. The smallest absolute Gasteiger partial charge is 0.320 e. The van der Waals surface area contributed by atoms with Crippen LogP contribution < -0.4 is 5.73 Å². The minimum Gasteiger partial charge on any atom is -0.399 e. The van der Waals surface area contributed by atoms with Gasteiger partial charge in [0.1, 0.15) is 0 Å². The molecule has 4 nitrogen and oxygen atoms in total. The van der Waals surface area contributed by atoms with Gasteiger partial charge in [0.2, 0.25) is 0 Å². The Bertz CT molecular complexity index is 417. The zero-order valence-electron chi connectivity index (χ0n) is 9.73. The van der Waals surface area contributed by atoms with E-state index in [0.29, 0.717) is 13.1 Å². The van der Waals surface area contributed by atoms with Crippen molar-refractivity contribution in [3.8, 4) is 0 Å². The topological polar surface area (TPSA) is 49.6 Å². The summed E-state index contributed by atoms with van der Waals surface area (Å²) in [7, 11) is 1.82. The van der Waals surface area contributed by atoms with E-state index in [0.717, 1.165) is 17.8 Å². The van der Waals surface area contributed by atoms with E-state index in [1.54, 1.807) is 4.90 Å². The predicted octanol–water partition coefficient (Wildman–Crippen LogP) is 1.66. The normalized spacial score (nSPS) is 13.8. The molecule has 0 unspecified atom stereocenters. The van der Waals surface area contributed by atoms with Gasteiger partial charge in [0.05, 0.1) is 0 Å². The van der Waals surface area contributed by atoms with Gasteiger partial charge in [-0.3, -0.25) is 0 Å². The van der Waals surface area contributed by atoms with Crippen LogP contribution in [-0.4, -0.2) is 29.4 Å². The summed E-state index contributed by atoms with van der Waals surface area (Å²) in [6.45, 7) is 4.06. The maximum atomic E-state index is 12.0. The Balaban J connectivity index is 2.14. The fourth-order valence-electron chi connectivity index (χ4n) is 1.93. The largest absolute Gasteiger partial charge is 0.399 e. The molecule has 0 spiro atoms. The molecule has 0 fully saturated rings. The molecule has 4 heteroatoms. The highest BCUT2D eigenvalue weighted by Crippen LogP contribution is 2.25. The van der Waals surface area contributed by atoms with E-state index < -0.39 is 0 Å². The van der Waals surface area contributed by atoms with Crippen molar-refractivity contribution in [2.45, 2.75) is 20.0 Å². The van der Waals surface area contributed by atoms with E-state index in [2.05, 4.69) is 0 Å². The lowest BCUT2D eigenvalue weighted by atomic mass is 10.1. The fourth-order valence-corrected chi connectivity index (χ4v) is 1.93. The fraction of sp³-hybridized carbons (Fsp3) is 0.417. The van der Waals surface area contributed by atoms with Crippen LogP contribution in [0.25, 0.3) is 0 Å². The highest BCUT2D eigenvalue weighted by atomic mass is 16.2. The van der Waals surface area contributed by atoms with Crippen molar-refractivity contribution in [3.63, 3.8) is 0 Å². The van der Waals surface area contributed by atoms with Gasteiger partial charge in [-0.25, -0.2) is 4.79 Å². The molecule has 2 N–H and O–H groups in total. The molecule has 1 heterocycles. The molecule has 0 bridgehead atoms. The number of carbonyl (C=O) groups excluding carboxylic acids is 1. The number of benzene rings is 1. The van der Waals surface area contributed by atoms with Gasteiger partial charge in [-0.1, -0.05) is 6.07 Å². The molecule has 1 aliphatic rings. The average molecular weight is 219 g/mol. The van der Waals surface area contributed by atoms with Crippen LogP contribution in [0.2, 0.25) is 0 Å². The second kappa shape index (κ2) is 4.04. The van der Waals surface area contributed by atoms with Crippen LogP contribution in [0.1, 0.15) is 18.1 Å². The number of nitrogens with zero attached hydrogens (tertiary/aromatic N) is 2. The van der Waals surface area contributed by atoms with E-state index in [-0.39, 0.29) is 6.03 Å². The van der Waals surface area contributed by atoms with Gasteiger partial charge >= 0.3 is 6.03 Å². The molecule has 0 aromatic heterocycles. The lowest BCUT2D eigenvalue weighted by molar-refractivity contribution is 0.165. The van der Waals surface area contributed by atoms with Crippen LogP contribution in [0.4, 0.5) is 10.5 Å². The Kier molecular flexibility index (Phi) is 2.73. The van der Waals surface area contributed by atoms with Crippen LogP contribution in [0, 0.1) is 0 Å². The number of hydrogen-bond acceptors (Lipinski definition) is 2. The second-order valence-corrected chi connectivity index (χ2v) is 4.18. The molecule has 2 rings (SSSR count). The van der Waals surface area contributed by atoms with Crippen LogP contribution in [-0.2, 0) is 13.1 Å². The molecule has 0 radical (unpaired) electrons. The molecule has 2 amide bonds. The zero-order chi connectivity index (χ0) is 11.7. The van der Waals surface area contributed by atoms with Crippen LogP contribution in [0.15, 0.2) is 18.2 Å². The maximum absolute atomic E-state index is 12.0. The quantitative estimate of drug-likeness (QED) is 0.730. The van der Waals surface area contributed by atoms with E-state index in [4.69, 9.17) is 5.73 Å². The van der Waals surface area contributed by atoms with Crippen molar-refractivity contribution < 1.29 is 4.79 Å². The Morgan fingerprint density at radius 3 is 2.81 bits per heavy atom. The number of amides is 2. The predicted molar refractivity (Wildman–Crippen MR) is 63.8 cm³/mol. The van der Waals surface area contributed by atoms with E-state index in [1.165, 1.54) is 5.56 Å². The summed E-state index contributed by atoms with van der Waals surface area (Å²) in [5, 5.41) is 0. The zero-order valence-corrected chi connectivity index (χ0v) is 9.73. The molecule has 0 atom stereocenters. The first-order valence-corrected chi connectivity index (χ1v) is 5.49. The van der Waals surface area contributed by atoms with Crippen LogP contribution >= 0.6 is 0 Å². The first-order chi connectivity index (χ1) is 7.61. The summed E-state index contributed by atoms with van der Waals surface area (Å²) in [6, 6.07) is 5.92. The van der Waals surface area contributed by atoms with Crippen molar-refractivity contribution in [2.75, 3.05) is 19.3 Å². The monoisotopic (exact) mass is 219 g/mol. The number of rotatable bonds is 1. The van der Waals surface area contributed by atoms with E-state index >= 15 is 0 Å². The van der Waals surface area contributed by atoms with Crippen molar-refractivity contribution in [3.05, 3.63) is 29.3 Å². The molecule has 1 aliphatic heterocycles. The summed E-state index contributed by atoms with van der Waals surface area (Å²) in [5.41, 5.74) is 8.85.